The molecule has 1 aliphatic heterocycles. The van der Waals surface area contributed by atoms with Crippen molar-refractivity contribution >= 4 is 51.7 Å². The number of unbranched alkanes of at least 4 members (excludes halogenated alkanes) is 3. The van der Waals surface area contributed by atoms with Gasteiger partial charge >= 0.3 is 0 Å². The molecule has 0 spiro atoms. The van der Waals surface area contributed by atoms with Gasteiger partial charge in [0.1, 0.15) is 11.0 Å². The summed E-state index contributed by atoms with van der Waals surface area (Å²) in [6.45, 7) is 3.22. The summed E-state index contributed by atoms with van der Waals surface area (Å²) in [6.07, 6.45) is 4.65. The van der Waals surface area contributed by atoms with Crippen LogP contribution >= 0.6 is 23.4 Å². The normalized spacial score (nSPS) is 16.2. The zero-order chi connectivity index (χ0) is 26.7. The van der Waals surface area contributed by atoms with Gasteiger partial charge in [0.25, 0.3) is 0 Å². The molecule has 1 heterocycles. The number of amides is 2. The maximum absolute atomic E-state index is 13.4. The third-order valence-electron chi connectivity index (χ3n) is 6.03. The fraction of sp³-hybridized carbons (Fsp3) is 0.300. The lowest BCUT2D eigenvalue weighted by Crippen LogP contribution is -2.33. The molecule has 0 saturated carbocycles. The van der Waals surface area contributed by atoms with E-state index in [-0.39, 0.29) is 18.2 Å². The zero-order valence-corrected chi connectivity index (χ0v) is 23.0. The van der Waals surface area contributed by atoms with Crippen LogP contribution in [0, 0.1) is 0 Å². The SMILES string of the molecule is CCCCCCOc1ccc(NC(=O)C[C@@H]2SC(=Nc3ccccc3)N(Cc3ccc(Cl)cc3)C2=O)cc1. The van der Waals surface area contributed by atoms with E-state index in [4.69, 9.17) is 21.3 Å². The molecule has 38 heavy (non-hydrogen) atoms. The number of thioether (sulfide) groups is 1. The Balaban J connectivity index is 1.38. The highest BCUT2D eigenvalue weighted by molar-refractivity contribution is 8.15. The molecule has 0 bridgehead atoms. The van der Waals surface area contributed by atoms with Gasteiger partial charge in [-0.15, -0.1) is 0 Å². The number of carbonyl (C=O) groups excluding carboxylic acids is 2. The summed E-state index contributed by atoms with van der Waals surface area (Å²) in [5.41, 5.74) is 2.35. The molecule has 1 saturated heterocycles. The molecule has 2 amide bonds. The van der Waals surface area contributed by atoms with Gasteiger partial charge in [-0.25, -0.2) is 4.99 Å². The summed E-state index contributed by atoms with van der Waals surface area (Å²) < 4.78 is 5.78. The van der Waals surface area contributed by atoms with Gasteiger partial charge in [0, 0.05) is 17.1 Å². The Morgan fingerprint density at radius 2 is 1.74 bits per heavy atom. The van der Waals surface area contributed by atoms with Crippen molar-refractivity contribution < 1.29 is 14.3 Å². The lowest BCUT2D eigenvalue weighted by Gasteiger charge is -2.17. The number of anilines is 1. The van der Waals surface area contributed by atoms with Crippen LogP contribution in [-0.4, -0.2) is 33.7 Å². The Morgan fingerprint density at radius 1 is 1.00 bits per heavy atom. The lowest BCUT2D eigenvalue weighted by atomic mass is 10.2. The van der Waals surface area contributed by atoms with E-state index in [9.17, 15) is 9.59 Å². The average molecular weight is 550 g/mol. The molecule has 198 valence electrons. The minimum atomic E-state index is -0.560. The van der Waals surface area contributed by atoms with Crippen molar-refractivity contribution in [3.05, 3.63) is 89.4 Å². The highest BCUT2D eigenvalue weighted by Crippen LogP contribution is 2.33. The smallest absolute Gasteiger partial charge is 0.242 e. The molecule has 4 rings (SSSR count). The van der Waals surface area contributed by atoms with Gasteiger partial charge in [-0.2, -0.15) is 0 Å². The average Bonchev–Trinajstić information content (AvgIpc) is 3.20. The Morgan fingerprint density at radius 3 is 2.45 bits per heavy atom. The van der Waals surface area contributed by atoms with Gasteiger partial charge in [0.2, 0.25) is 11.8 Å². The van der Waals surface area contributed by atoms with Crippen LogP contribution in [0.5, 0.6) is 5.75 Å². The Labute approximate surface area is 233 Å². The van der Waals surface area contributed by atoms with Crippen LogP contribution in [0.4, 0.5) is 11.4 Å². The molecule has 0 aromatic heterocycles. The Bertz CT molecular complexity index is 1230. The monoisotopic (exact) mass is 549 g/mol. The second kappa shape index (κ2) is 14.0. The number of hydrogen-bond donors (Lipinski definition) is 1. The van der Waals surface area contributed by atoms with Crippen LogP contribution in [0.25, 0.3) is 0 Å². The first-order valence-corrected chi connectivity index (χ1v) is 14.2. The lowest BCUT2D eigenvalue weighted by molar-refractivity contribution is -0.128. The first-order chi connectivity index (χ1) is 18.5. The maximum atomic E-state index is 13.4. The summed E-state index contributed by atoms with van der Waals surface area (Å²) in [5.74, 6) is 0.415. The van der Waals surface area contributed by atoms with E-state index < -0.39 is 5.25 Å². The number of carbonyl (C=O) groups is 2. The Kier molecular flexibility index (Phi) is 10.2. The summed E-state index contributed by atoms with van der Waals surface area (Å²) in [7, 11) is 0. The molecule has 3 aromatic carbocycles. The number of benzene rings is 3. The Hall–Kier alpha value is -3.29. The molecule has 1 N–H and O–H groups in total. The van der Waals surface area contributed by atoms with Crippen molar-refractivity contribution in [3.8, 4) is 5.75 Å². The van der Waals surface area contributed by atoms with Crippen LogP contribution < -0.4 is 10.1 Å². The third kappa shape index (κ3) is 8.10. The van der Waals surface area contributed by atoms with Crippen molar-refractivity contribution in [1.82, 2.24) is 4.90 Å². The maximum Gasteiger partial charge on any atom is 0.242 e. The van der Waals surface area contributed by atoms with E-state index >= 15 is 0 Å². The number of rotatable bonds is 12. The molecule has 1 aliphatic rings. The minimum Gasteiger partial charge on any atom is -0.494 e. The van der Waals surface area contributed by atoms with Crippen LogP contribution in [0.15, 0.2) is 83.9 Å². The van der Waals surface area contributed by atoms with E-state index in [1.807, 2.05) is 66.7 Å². The molecule has 3 aromatic rings. The molecule has 8 heteroatoms. The number of amidine groups is 1. The van der Waals surface area contributed by atoms with Gasteiger partial charge in [0.05, 0.1) is 18.8 Å². The first-order valence-electron chi connectivity index (χ1n) is 12.9. The van der Waals surface area contributed by atoms with Crippen molar-refractivity contribution in [1.29, 1.82) is 0 Å². The van der Waals surface area contributed by atoms with Gasteiger partial charge < -0.3 is 10.1 Å². The van der Waals surface area contributed by atoms with Crippen LogP contribution in [0.1, 0.15) is 44.6 Å². The molecule has 0 aliphatic carbocycles. The third-order valence-corrected chi connectivity index (χ3v) is 7.46. The van der Waals surface area contributed by atoms with E-state index in [1.54, 1.807) is 17.0 Å². The van der Waals surface area contributed by atoms with Crippen molar-refractivity contribution in [2.75, 3.05) is 11.9 Å². The molecular weight excluding hydrogens is 518 g/mol. The highest BCUT2D eigenvalue weighted by Gasteiger charge is 2.39. The number of hydrogen-bond acceptors (Lipinski definition) is 5. The number of para-hydroxylation sites is 1. The number of halogens is 1. The standard InChI is InChI=1S/C30H32ClN3O3S/c1-2-3-4-8-19-37-26-17-15-25(16-18-26)32-28(35)20-27-29(36)34(21-22-11-13-23(31)14-12-22)30(38-27)33-24-9-6-5-7-10-24/h5-7,9-18,27H,2-4,8,19-21H2,1H3,(H,32,35)/t27-/m0/s1. The summed E-state index contributed by atoms with van der Waals surface area (Å²) >= 11 is 7.35. The largest absolute Gasteiger partial charge is 0.494 e. The fourth-order valence-electron chi connectivity index (χ4n) is 3.99. The number of nitrogens with zero attached hydrogens (tertiary/aromatic N) is 2. The number of aliphatic imine (C=N–C) groups is 1. The van der Waals surface area contributed by atoms with Gasteiger partial charge in [-0.1, -0.05) is 79.9 Å². The fourth-order valence-corrected chi connectivity index (χ4v) is 5.27. The quantitative estimate of drug-likeness (QED) is 0.238. The first kappa shape index (κ1) is 27.7. The molecule has 1 atom stereocenters. The molecule has 0 radical (unpaired) electrons. The molecule has 0 unspecified atom stereocenters. The predicted octanol–water partition coefficient (Wildman–Crippen LogP) is 7.46. The number of ether oxygens (including phenoxy) is 1. The van der Waals surface area contributed by atoms with Gasteiger partial charge in [-0.05, 0) is 60.5 Å². The zero-order valence-electron chi connectivity index (χ0n) is 21.4. The number of nitrogens with one attached hydrogen (secondary N) is 1. The van der Waals surface area contributed by atoms with Crippen molar-refractivity contribution in [3.63, 3.8) is 0 Å². The second-order valence-electron chi connectivity index (χ2n) is 9.07. The second-order valence-corrected chi connectivity index (χ2v) is 10.7. The molecular formula is C30H32ClN3O3S. The topological polar surface area (TPSA) is 71.0 Å². The van der Waals surface area contributed by atoms with Crippen molar-refractivity contribution in [2.24, 2.45) is 4.99 Å². The van der Waals surface area contributed by atoms with Crippen molar-refractivity contribution in [2.45, 2.75) is 50.8 Å². The summed E-state index contributed by atoms with van der Waals surface area (Å²) in [5, 5.41) is 3.56. The predicted molar refractivity (Wildman–Crippen MR) is 156 cm³/mol. The molecule has 6 nitrogen and oxygen atoms in total. The van der Waals surface area contributed by atoms with Crippen LogP contribution in [0.3, 0.4) is 0 Å². The highest BCUT2D eigenvalue weighted by atomic mass is 35.5. The summed E-state index contributed by atoms with van der Waals surface area (Å²) in [4.78, 5) is 32.6. The van der Waals surface area contributed by atoms with E-state index in [0.717, 1.165) is 29.8 Å². The van der Waals surface area contributed by atoms with Crippen LogP contribution in [-0.2, 0) is 16.1 Å². The molecule has 1 fully saturated rings. The van der Waals surface area contributed by atoms with Crippen LogP contribution in [0.2, 0.25) is 5.02 Å². The van der Waals surface area contributed by atoms with E-state index in [1.165, 1.54) is 24.6 Å². The van der Waals surface area contributed by atoms with Gasteiger partial charge in [-0.3, -0.25) is 14.5 Å². The minimum absolute atomic E-state index is 0.0457. The summed E-state index contributed by atoms with van der Waals surface area (Å²) in [6, 6.07) is 24.2. The van der Waals surface area contributed by atoms with E-state index in [0.29, 0.717) is 29.0 Å². The van der Waals surface area contributed by atoms with Gasteiger partial charge in [0.15, 0.2) is 5.17 Å². The van der Waals surface area contributed by atoms with E-state index in [2.05, 4.69) is 12.2 Å².